The summed E-state index contributed by atoms with van der Waals surface area (Å²) in [4.78, 5) is 32.8. The lowest BCUT2D eigenvalue weighted by molar-refractivity contribution is -0.121. The first-order valence-corrected chi connectivity index (χ1v) is 12.1. The van der Waals surface area contributed by atoms with Crippen LogP contribution in [0.25, 0.3) is 16.7 Å². The minimum Gasteiger partial charge on any atom is -0.355 e. The maximum absolute atomic E-state index is 13.3. The number of nitrogens with zero attached hydrogens (tertiary/aromatic N) is 5. The molecule has 0 saturated carbocycles. The van der Waals surface area contributed by atoms with Gasteiger partial charge in [-0.2, -0.15) is 5.10 Å². The molecule has 8 nitrogen and oxygen atoms in total. The van der Waals surface area contributed by atoms with E-state index in [2.05, 4.69) is 43.0 Å². The van der Waals surface area contributed by atoms with Gasteiger partial charge < -0.3 is 10.2 Å². The highest BCUT2D eigenvalue weighted by Gasteiger charge is 2.29. The van der Waals surface area contributed by atoms with Crippen LogP contribution in [-0.2, 0) is 4.79 Å². The quantitative estimate of drug-likeness (QED) is 0.527. The SMILES string of the molecule is CCN(CC)CCNC(=O)CC1CSc2nc3c(cnn3-c3ccc(C)c(C)c3)c(=O)n21. The van der Waals surface area contributed by atoms with Crippen LogP contribution in [0, 0.1) is 13.8 Å². The van der Waals surface area contributed by atoms with Gasteiger partial charge in [0.15, 0.2) is 10.8 Å². The van der Waals surface area contributed by atoms with Gasteiger partial charge in [-0.05, 0) is 50.2 Å². The summed E-state index contributed by atoms with van der Waals surface area (Å²) in [6, 6.07) is 5.88. The van der Waals surface area contributed by atoms with Crippen LogP contribution >= 0.6 is 11.8 Å². The Balaban J connectivity index is 1.55. The van der Waals surface area contributed by atoms with Gasteiger partial charge in [0.1, 0.15) is 5.39 Å². The second-order valence-corrected chi connectivity index (χ2v) is 9.16. The molecular formula is C23H30N6O2S. The second kappa shape index (κ2) is 9.46. The smallest absolute Gasteiger partial charge is 0.265 e. The molecule has 32 heavy (non-hydrogen) atoms. The number of benzene rings is 1. The first-order valence-electron chi connectivity index (χ1n) is 11.1. The minimum atomic E-state index is -0.196. The maximum atomic E-state index is 13.3. The normalized spacial score (nSPS) is 15.5. The maximum Gasteiger partial charge on any atom is 0.265 e. The van der Waals surface area contributed by atoms with E-state index in [1.807, 2.05) is 18.2 Å². The zero-order valence-corrected chi connectivity index (χ0v) is 19.9. The Hall–Kier alpha value is -2.65. The van der Waals surface area contributed by atoms with E-state index >= 15 is 0 Å². The minimum absolute atomic E-state index is 0.0339. The van der Waals surface area contributed by atoms with Gasteiger partial charge in [0.2, 0.25) is 5.91 Å². The predicted molar refractivity (Wildman–Crippen MR) is 128 cm³/mol. The third-order valence-electron chi connectivity index (χ3n) is 6.17. The van der Waals surface area contributed by atoms with E-state index in [4.69, 9.17) is 4.98 Å². The molecule has 1 atom stereocenters. The fourth-order valence-electron chi connectivity index (χ4n) is 4.01. The van der Waals surface area contributed by atoms with E-state index < -0.39 is 0 Å². The van der Waals surface area contributed by atoms with E-state index in [1.165, 1.54) is 17.3 Å². The van der Waals surface area contributed by atoms with Crippen LogP contribution < -0.4 is 10.9 Å². The highest BCUT2D eigenvalue weighted by molar-refractivity contribution is 7.99. The van der Waals surface area contributed by atoms with E-state index in [-0.39, 0.29) is 23.9 Å². The number of hydrogen-bond donors (Lipinski definition) is 1. The number of aryl methyl sites for hydroxylation is 2. The van der Waals surface area contributed by atoms with Gasteiger partial charge in [-0.1, -0.05) is 31.7 Å². The molecule has 0 spiro atoms. The number of nitrogens with one attached hydrogen (secondary N) is 1. The van der Waals surface area contributed by atoms with Crippen molar-refractivity contribution in [1.82, 2.24) is 29.5 Å². The number of carbonyl (C=O) groups is 1. The summed E-state index contributed by atoms with van der Waals surface area (Å²) >= 11 is 1.52. The summed E-state index contributed by atoms with van der Waals surface area (Å²) in [5, 5.41) is 8.55. The Bertz CT molecular complexity index is 1200. The summed E-state index contributed by atoms with van der Waals surface area (Å²) in [5.41, 5.74) is 3.66. The summed E-state index contributed by atoms with van der Waals surface area (Å²) in [7, 11) is 0. The van der Waals surface area contributed by atoms with Crippen LogP contribution in [0.3, 0.4) is 0 Å². The van der Waals surface area contributed by atoms with Crippen molar-refractivity contribution in [3.05, 3.63) is 45.9 Å². The van der Waals surface area contributed by atoms with Crippen molar-refractivity contribution in [2.45, 2.75) is 45.3 Å². The standard InChI is InChI=1S/C23H30N6O2S/c1-5-27(6-2)10-9-24-20(30)12-18-14-32-23-26-21-19(22(31)28(18)23)13-25-29(21)17-8-7-15(3)16(4)11-17/h7-8,11,13,18H,5-6,9-10,12,14H2,1-4H3,(H,24,30). The first-order chi connectivity index (χ1) is 15.4. The van der Waals surface area contributed by atoms with Gasteiger partial charge in [0.25, 0.3) is 5.56 Å². The zero-order valence-electron chi connectivity index (χ0n) is 19.1. The van der Waals surface area contributed by atoms with E-state index in [1.54, 1.807) is 15.4 Å². The first kappa shape index (κ1) is 22.5. The van der Waals surface area contributed by atoms with Crippen molar-refractivity contribution in [2.24, 2.45) is 0 Å². The molecular weight excluding hydrogens is 424 g/mol. The number of fused-ring (bicyclic) bond motifs is 2. The van der Waals surface area contributed by atoms with Crippen LogP contribution in [0.2, 0.25) is 0 Å². The van der Waals surface area contributed by atoms with Crippen LogP contribution in [0.5, 0.6) is 0 Å². The predicted octanol–water partition coefficient (Wildman–Crippen LogP) is 2.69. The van der Waals surface area contributed by atoms with Crippen molar-refractivity contribution >= 4 is 28.7 Å². The molecule has 4 rings (SSSR count). The summed E-state index contributed by atoms with van der Waals surface area (Å²) in [6.07, 6.45) is 1.86. The average Bonchev–Trinajstić information content (AvgIpc) is 3.38. The molecule has 0 aliphatic carbocycles. The van der Waals surface area contributed by atoms with Crippen molar-refractivity contribution < 1.29 is 4.79 Å². The molecule has 2 aromatic heterocycles. The highest BCUT2D eigenvalue weighted by Crippen LogP contribution is 2.33. The van der Waals surface area contributed by atoms with E-state index in [0.29, 0.717) is 28.5 Å². The average molecular weight is 455 g/mol. The number of hydrogen-bond acceptors (Lipinski definition) is 6. The second-order valence-electron chi connectivity index (χ2n) is 8.18. The molecule has 0 fully saturated rings. The number of aromatic nitrogens is 4. The Morgan fingerprint density at radius 2 is 2.03 bits per heavy atom. The Kier molecular flexibility index (Phi) is 6.66. The lowest BCUT2D eigenvalue weighted by Gasteiger charge is -2.18. The van der Waals surface area contributed by atoms with Gasteiger partial charge in [-0.25, -0.2) is 9.67 Å². The monoisotopic (exact) mass is 454 g/mol. The number of carbonyl (C=O) groups excluding carboxylic acids is 1. The molecule has 170 valence electrons. The van der Waals surface area contributed by atoms with Crippen molar-refractivity contribution in [1.29, 1.82) is 0 Å². The lowest BCUT2D eigenvalue weighted by atomic mass is 10.1. The Morgan fingerprint density at radius 1 is 1.25 bits per heavy atom. The molecule has 3 aromatic rings. The van der Waals surface area contributed by atoms with Gasteiger partial charge in [0, 0.05) is 25.3 Å². The molecule has 1 aromatic carbocycles. The zero-order chi connectivity index (χ0) is 22.8. The summed E-state index contributed by atoms with van der Waals surface area (Å²) in [6.45, 7) is 11.7. The van der Waals surface area contributed by atoms with Crippen molar-refractivity contribution in [2.75, 3.05) is 31.9 Å². The fourth-order valence-corrected chi connectivity index (χ4v) is 5.14. The van der Waals surface area contributed by atoms with Gasteiger partial charge >= 0.3 is 0 Å². The van der Waals surface area contributed by atoms with Gasteiger partial charge in [-0.3, -0.25) is 14.2 Å². The highest BCUT2D eigenvalue weighted by atomic mass is 32.2. The van der Waals surface area contributed by atoms with E-state index in [0.717, 1.165) is 30.9 Å². The van der Waals surface area contributed by atoms with Gasteiger partial charge in [0.05, 0.1) is 17.9 Å². The van der Waals surface area contributed by atoms with Crippen LogP contribution in [0.1, 0.15) is 37.4 Å². The van der Waals surface area contributed by atoms with Crippen molar-refractivity contribution in [3.63, 3.8) is 0 Å². The molecule has 1 aliphatic rings. The molecule has 0 saturated heterocycles. The molecule has 3 heterocycles. The number of thioether (sulfide) groups is 1. The summed E-state index contributed by atoms with van der Waals surface area (Å²) in [5.74, 6) is 0.628. The van der Waals surface area contributed by atoms with Crippen molar-refractivity contribution in [3.8, 4) is 5.69 Å². The van der Waals surface area contributed by atoms with E-state index in [9.17, 15) is 9.59 Å². The fraction of sp³-hybridized carbons (Fsp3) is 0.478. The molecule has 0 bridgehead atoms. The number of amides is 1. The van der Waals surface area contributed by atoms with Gasteiger partial charge in [-0.15, -0.1) is 0 Å². The molecule has 0 radical (unpaired) electrons. The molecule has 1 N–H and O–H groups in total. The lowest BCUT2D eigenvalue weighted by Crippen LogP contribution is -2.36. The molecule has 1 unspecified atom stereocenters. The Morgan fingerprint density at radius 3 is 2.75 bits per heavy atom. The van der Waals surface area contributed by atoms with Crippen LogP contribution in [-0.4, -0.2) is 62.1 Å². The Labute approximate surface area is 192 Å². The topological polar surface area (TPSA) is 85.1 Å². The van der Waals surface area contributed by atoms with Crippen LogP contribution in [0.4, 0.5) is 0 Å². The number of rotatable bonds is 8. The third-order valence-corrected chi connectivity index (χ3v) is 7.27. The summed E-state index contributed by atoms with van der Waals surface area (Å²) < 4.78 is 3.39. The third kappa shape index (κ3) is 4.31. The largest absolute Gasteiger partial charge is 0.355 e. The molecule has 1 aliphatic heterocycles. The van der Waals surface area contributed by atoms with Crippen LogP contribution in [0.15, 0.2) is 34.3 Å². The molecule has 9 heteroatoms. The molecule has 1 amide bonds. The number of likely N-dealkylation sites (N-methyl/N-ethyl adjacent to an activating group) is 1.